The molecule has 144 valence electrons. The summed E-state index contributed by atoms with van der Waals surface area (Å²) in [5, 5.41) is 3.66. The van der Waals surface area contributed by atoms with E-state index in [4.69, 9.17) is 4.74 Å². The van der Waals surface area contributed by atoms with E-state index in [-0.39, 0.29) is 18.3 Å². The van der Waals surface area contributed by atoms with Crippen molar-refractivity contribution in [2.75, 3.05) is 19.6 Å². The van der Waals surface area contributed by atoms with E-state index in [1.807, 2.05) is 59.5 Å². The molecule has 0 unspecified atom stereocenters. The van der Waals surface area contributed by atoms with Crippen molar-refractivity contribution < 1.29 is 9.53 Å². The first-order valence-electron chi connectivity index (χ1n) is 9.64. The number of carbonyl (C=O) groups excluding carboxylic acids is 1. The lowest BCUT2D eigenvalue weighted by atomic mass is 10.0. The lowest BCUT2D eigenvalue weighted by Gasteiger charge is -2.33. The van der Waals surface area contributed by atoms with Gasteiger partial charge in [-0.15, -0.1) is 12.4 Å². The summed E-state index contributed by atoms with van der Waals surface area (Å²) in [6.45, 7) is 2.76. The molecule has 2 fully saturated rings. The second-order valence-corrected chi connectivity index (χ2v) is 7.33. The number of nitrogens with one attached hydrogen (secondary N) is 1. The highest BCUT2D eigenvalue weighted by Gasteiger charge is 2.27. The zero-order valence-corrected chi connectivity index (χ0v) is 16.3. The van der Waals surface area contributed by atoms with E-state index in [0.29, 0.717) is 17.4 Å². The predicted molar refractivity (Wildman–Crippen MR) is 110 cm³/mol. The number of ether oxygens (including phenoxy) is 1. The van der Waals surface area contributed by atoms with Crippen LogP contribution in [0.2, 0.25) is 0 Å². The number of halogens is 1. The minimum atomic E-state index is 0. The fourth-order valence-corrected chi connectivity index (χ4v) is 3.46. The maximum absolute atomic E-state index is 13.0. The normalized spacial score (nSPS) is 17.3. The van der Waals surface area contributed by atoms with Gasteiger partial charge >= 0.3 is 0 Å². The van der Waals surface area contributed by atoms with Crippen molar-refractivity contribution in [3.63, 3.8) is 0 Å². The van der Waals surface area contributed by atoms with E-state index in [9.17, 15) is 4.79 Å². The van der Waals surface area contributed by atoms with Gasteiger partial charge < -0.3 is 15.0 Å². The number of hydrogen-bond donors (Lipinski definition) is 1. The minimum Gasteiger partial charge on any atom is -0.457 e. The third kappa shape index (κ3) is 5.24. The molecule has 1 aliphatic carbocycles. The number of hydrogen-bond acceptors (Lipinski definition) is 3. The van der Waals surface area contributed by atoms with Crippen molar-refractivity contribution in [1.29, 1.82) is 0 Å². The number of para-hydroxylation sites is 2. The molecule has 2 aliphatic rings. The largest absolute Gasteiger partial charge is 0.457 e. The van der Waals surface area contributed by atoms with Gasteiger partial charge in [0.25, 0.3) is 5.91 Å². The Bertz CT molecular complexity index is 741. The predicted octanol–water partition coefficient (Wildman–Crippen LogP) is 4.50. The van der Waals surface area contributed by atoms with Crippen LogP contribution in [0.3, 0.4) is 0 Å². The van der Waals surface area contributed by atoms with Gasteiger partial charge in [0.15, 0.2) is 0 Å². The summed E-state index contributed by atoms with van der Waals surface area (Å²) < 4.78 is 5.95. The number of piperidine rings is 1. The lowest BCUT2D eigenvalue weighted by Crippen LogP contribution is -2.45. The Labute approximate surface area is 167 Å². The van der Waals surface area contributed by atoms with Crippen LogP contribution in [0.5, 0.6) is 11.5 Å². The minimum absolute atomic E-state index is 0. The van der Waals surface area contributed by atoms with Crippen LogP contribution in [-0.2, 0) is 0 Å². The van der Waals surface area contributed by atoms with Gasteiger partial charge in [-0.25, -0.2) is 0 Å². The molecule has 4 nitrogen and oxygen atoms in total. The van der Waals surface area contributed by atoms with Gasteiger partial charge in [0.2, 0.25) is 0 Å². The van der Waals surface area contributed by atoms with Gasteiger partial charge in [0.1, 0.15) is 11.5 Å². The number of amides is 1. The topological polar surface area (TPSA) is 41.6 Å². The molecule has 0 spiro atoms. The molecule has 2 aromatic carbocycles. The third-order valence-electron chi connectivity index (χ3n) is 5.26. The molecule has 1 aliphatic heterocycles. The summed E-state index contributed by atoms with van der Waals surface area (Å²) in [7, 11) is 0. The average Bonchev–Trinajstić information content (AvgIpc) is 3.52. The van der Waals surface area contributed by atoms with Crippen molar-refractivity contribution >= 4 is 18.3 Å². The molecule has 1 saturated heterocycles. The van der Waals surface area contributed by atoms with E-state index >= 15 is 0 Å². The molecule has 1 N–H and O–H groups in total. The number of carbonyl (C=O) groups is 1. The molecule has 0 bridgehead atoms. The summed E-state index contributed by atoms with van der Waals surface area (Å²) in [4.78, 5) is 15.0. The summed E-state index contributed by atoms with van der Waals surface area (Å²) in [5.74, 6) is 2.34. The molecule has 2 aromatic rings. The standard InChI is InChI=1S/C22H26N2O2.ClH/c25-22(24-14-12-18(13-15-24)23-16-17-10-11-17)20-8-4-5-9-21(20)26-19-6-2-1-3-7-19;/h1-9,17-18,23H,10-16H2;1H. The first-order chi connectivity index (χ1) is 12.8. The van der Waals surface area contributed by atoms with Crippen LogP contribution < -0.4 is 10.1 Å². The van der Waals surface area contributed by atoms with Crippen LogP contribution in [0.1, 0.15) is 36.0 Å². The number of likely N-dealkylation sites (tertiary alicyclic amines) is 1. The molecule has 0 atom stereocenters. The molecular formula is C22H27ClN2O2. The SMILES string of the molecule is Cl.O=C(c1ccccc1Oc1ccccc1)N1CCC(NCC2CC2)CC1. The van der Waals surface area contributed by atoms with Crippen molar-refractivity contribution in [3.05, 3.63) is 60.2 Å². The molecular weight excluding hydrogens is 360 g/mol. The Morgan fingerprint density at radius 1 is 0.963 bits per heavy atom. The van der Waals surface area contributed by atoms with Crippen LogP contribution >= 0.6 is 12.4 Å². The fourth-order valence-electron chi connectivity index (χ4n) is 3.46. The average molecular weight is 387 g/mol. The zero-order chi connectivity index (χ0) is 17.8. The van der Waals surface area contributed by atoms with E-state index in [2.05, 4.69) is 5.32 Å². The molecule has 0 radical (unpaired) electrons. The van der Waals surface area contributed by atoms with Gasteiger partial charge in [-0.2, -0.15) is 0 Å². The van der Waals surface area contributed by atoms with Gasteiger partial charge in [-0.3, -0.25) is 4.79 Å². The quantitative estimate of drug-likeness (QED) is 0.794. The maximum atomic E-state index is 13.0. The monoisotopic (exact) mass is 386 g/mol. The number of benzene rings is 2. The molecule has 5 heteroatoms. The first kappa shape index (κ1) is 19.7. The van der Waals surface area contributed by atoms with Crippen LogP contribution in [0.25, 0.3) is 0 Å². The van der Waals surface area contributed by atoms with Gasteiger partial charge in [-0.1, -0.05) is 30.3 Å². The number of rotatable bonds is 6. The van der Waals surface area contributed by atoms with Crippen molar-refractivity contribution in [3.8, 4) is 11.5 Å². The van der Waals surface area contributed by atoms with E-state index < -0.39 is 0 Å². The first-order valence-corrected chi connectivity index (χ1v) is 9.64. The van der Waals surface area contributed by atoms with Crippen LogP contribution in [0.4, 0.5) is 0 Å². The van der Waals surface area contributed by atoms with Gasteiger partial charge in [0.05, 0.1) is 5.56 Å². The Morgan fingerprint density at radius 3 is 2.33 bits per heavy atom. The second kappa shape index (κ2) is 9.25. The van der Waals surface area contributed by atoms with E-state index in [0.717, 1.165) is 44.1 Å². The molecule has 27 heavy (non-hydrogen) atoms. The van der Waals surface area contributed by atoms with Crippen LogP contribution in [-0.4, -0.2) is 36.5 Å². The second-order valence-electron chi connectivity index (χ2n) is 7.33. The Morgan fingerprint density at radius 2 is 1.63 bits per heavy atom. The molecule has 0 aromatic heterocycles. The van der Waals surface area contributed by atoms with E-state index in [1.54, 1.807) is 0 Å². The Balaban J connectivity index is 0.00000210. The van der Waals surface area contributed by atoms with Crippen molar-refractivity contribution in [2.24, 2.45) is 5.92 Å². The van der Waals surface area contributed by atoms with E-state index in [1.165, 1.54) is 12.8 Å². The summed E-state index contributed by atoms with van der Waals surface area (Å²) in [5.41, 5.74) is 0.640. The molecule has 1 saturated carbocycles. The smallest absolute Gasteiger partial charge is 0.257 e. The van der Waals surface area contributed by atoms with Crippen LogP contribution in [0, 0.1) is 5.92 Å². The summed E-state index contributed by atoms with van der Waals surface area (Å²) in [6, 6.07) is 17.7. The maximum Gasteiger partial charge on any atom is 0.257 e. The fraction of sp³-hybridized carbons (Fsp3) is 0.409. The summed E-state index contributed by atoms with van der Waals surface area (Å²) in [6.07, 6.45) is 4.81. The Kier molecular flexibility index (Phi) is 6.75. The van der Waals surface area contributed by atoms with Gasteiger partial charge in [0, 0.05) is 19.1 Å². The summed E-state index contributed by atoms with van der Waals surface area (Å²) >= 11 is 0. The van der Waals surface area contributed by atoms with Crippen LogP contribution in [0.15, 0.2) is 54.6 Å². The third-order valence-corrected chi connectivity index (χ3v) is 5.26. The highest BCUT2D eigenvalue weighted by molar-refractivity contribution is 5.97. The van der Waals surface area contributed by atoms with Gasteiger partial charge in [-0.05, 0) is 62.4 Å². The van der Waals surface area contributed by atoms with Crippen molar-refractivity contribution in [2.45, 2.75) is 31.7 Å². The zero-order valence-electron chi connectivity index (χ0n) is 15.5. The molecule has 1 amide bonds. The highest BCUT2D eigenvalue weighted by atomic mass is 35.5. The Hall–Kier alpha value is -2.04. The molecule has 1 heterocycles. The highest BCUT2D eigenvalue weighted by Crippen LogP contribution is 2.29. The molecule has 4 rings (SSSR count). The van der Waals surface area contributed by atoms with Crippen molar-refractivity contribution in [1.82, 2.24) is 10.2 Å². The number of nitrogens with zero attached hydrogens (tertiary/aromatic N) is 1. The lowest BCUT2D eigenvalue weighted by molar-refractivity contribution is 0.0702.